The highest BCUT2D eigenvalue weighted by Crippen LogP contribution is 2.69. The number of aromatic amines is 1. The van der Waals surface area contributed by atoms with E-state index in [-0.39, 0.29) is 40.1 Å². The maximum absolute atomic E-state index is 13.9. The summed E-state index contributed by atoms with van der Waals surface area (Å²) in [5.74, 6) is 5.65. The maximum atomic E-state index is 13.9. The molecule has 0 radical (unpaired) electrons. The Morgan fingerprint density at radius 3 is 2.22 bits per heavy atom. The van der Waals surface area contributed by atoms with Crippen molar-refractivity contribution in [3.63, 3.8) is 0 Å². The minimum absolute atomic E-state index is 0.0625. The van der Waals surface area contributed by atoms with Crippen molar-refractivity contribution < 1.29 is 18.7 Å². The highest BCUT2D eigenvalue weighted by molar-refractivity contribution is 8.00. The van der Waals surface area contributed by atoms with Crippen LogP contribution in [0.15, 0.2) is 87.9 Å². The van der Waals surface area contributed by atoms with Gasteiger partial charge in [0, 0.05) is 16.7 Å². The van der Waals surface area contributed by atoms with Crippen molar-refractivity contribution in [2.75, 3.05) is 16.8 Å². The summed E-state index contributed by atoms with van der Waals surface area (Å²) in [6, 6.07) is 23.6. The number of thioether (sulfide) groups is 2. The van der Waals surface area contributed by atoms with Gasteiger partial charge in [-0.1, -0.05) is 65.5 Å². The van der Waals surface area contributed by atoms with E-state index in [1.54, 1.807) is 0 Å². The molecule has 3 aromatic carbocycles. The van der Waals surface area contributed by atoms with E-state index in [4.69, 9.17) is 9.15 Å². The van der Waals surface area contributed by atoms with Crippen molar-refractivity contribution in [2.24, 2.45) is 35.5 Å². The second-order valence-corrected chi connectivity index (χ2v) is 20.3. The zero-order valence-electron chi connectivity index (χ0n) is 32.7. The van der Waals surface area contributed by atoms with E-state index in [2.05, 4.69) is 61.0 Å². The summed E-state index contributed by atoms with van der Waals surface area (Å²) in [7, 11) is 0. The van der Waals surface area contributed by atoms with Crippen molar-refractivity contribution in [3.8, 4) is 17.2 Å². The van der Waals surface area contributed by atoms with Crippen LogP contribution in [-0.2, 0) is 20.4 Å². The molecule has 8 aliphatic rings. The number of benzene rings is 3. The molecule has 2 heterocycles. The molecule has 5 unspecified atom stereocenters. The smallest absolute Gasteiger partial charge is 0.321 e. The monoisotopic (exact) mass is 812 g/mol. The summed E-state index contributed by atoms with van der Waals surface area (Å²) < 4.78 is 11.7. The second kappa shape index (κ2) is 14.4. The van der Waals surface area contributed by atoms with Gasteiger partial charge in [0.2, 0.25) is 11.8 Å². The van der Waals surface area contributed by atoms with Crippen molar-refractivity contribution in [1.29, 1.82) is 0 Å². The lowest BCUT2D eigenvalue weighted by Gasteiger charge is -2.62. The summed E-state index contributed by atoms with van der Waals surface area (Å²) in [5.41, 5.74) is 7.33. The molecule has 10 nitrogen and oxygen atoms in total. The largest absolute Gasteiger partial charge is 0.426 e. The molecular weight excluding hydrogens is 765 g/mol. The first-order chi connectivity index (χ1) is 28.3. The fraction of sp³-hybridized carbons (Fsp3) is 0.478. The van der Waals surface area contributed by atoms with Crippen LogP contribution in [-0.4, -0.2) is 48.8 Å². The van der Waals surface area contributed by atoms with Crippen LogP contribution < -0.4 is 10.1 Å². The third kappa shape index (κ3) is 6.49. The molecule has 0 spiro atoms. The van der Waals surface area contributed by atoms with Crippen LogP contribution in [0.4, 0.5) is 5.69 Å². The van der Waals surface area contributed by atoms with Crippen molar-refractivity contribution in [2.45, 2.75) is 98.3 Å². The zero-order valence-corrected chi connectivity index (χ0v) is 34.3. The van der Waals surface area contributed by atoms with E-state index < -0.39 is 0 Å². The normalized spacial score (nSPS) is 31.2. The van der Waals surface area contributed by atoms with E-state index in [0.717, 1.165) is 47.4 Å². The quantitative estimate of drug-likeness (QED) is 0.0712. The Balaban J connectivity index is 0.897. The zero-order chi connectivity index (χ0) is 39.0. The minimum Gasteiger partial charge on any atom is -0.426 e. The van der Waals surface area contributed by atoms with Crippen LogP contribution in [0.2, 0.25) is 0 Å². The van der Waals surface area contributed by atoms with Gasteiger partial charge < -0.3 is 19.5 Å². The number of aromatic nitrogens is 5. The van der Waals surface area contributed by atoms with Gasteiger partial charge in [0.05, 0.1) is 11.5 Å². The predicted octanol–water partition coefficient (Wildman–Crippen LogP) is 9.53. The molecule has 298 valence electrons. The van der Waals surface area contributed by atoms with E-state index in [0.29, 0.717) is 39.8 Å². The number of hydrogen-bond acceptors (Lipinski definition) is 10. The average Bonchev–Trinajstić information content (AvgIpc) is 4.01. The van der Waals surface area contributed by atoms with Crippen LogP contribution >= 0.6 is 23.5 Å². The van der Waals surface area contributed by atoms with E-state index >= 15 is 0 Å². The lowest BCUT2D eigenvalue weighted by atomic mass is 9.42. The number of rotatable bonds is 12. The number of anilines is 1. The fourth-order valence-corrected chi connectivity index (χ4v) is 14.4. The summed E-state index contributed by atoms with van der Waals surface area (Å²) in [6.45, 7) is 2.05. The van der Waals surface area contributed by atoms with Crippen LogP contribution in [0, 0.1) is 42.4 Å². The summed E-state index contributed by atoms with van der Waals surface area (Å²) >= 11 is 2.55. The summed E-state index contributed by atoms with van der Waals surface area (Å²) in [5, 5.41) is 20.6. The predicted molar refractivity (Wildman–Crippen MR) is 223 cm³/mol. The van der Waals surface area contributed by atoms with Gasteiger partial charge in [0.15, 0.2) is 5.16 Å². The Bertz CT molecular complexity index is 2320. The molecule has 8 bridgehead atoms. The fourth-order valence-electron chi connectivity index (χ4n) is 13.3. The van der Waals surface area contributed by atoms with Crippen LogP contribution in [0.1, 0.15) is 92.4 Å². The van der Waals surface area contributed by atoms with E-state index in [9.17, 15) is 9.59 Å². The molecule has 8 fully saturated rings. The minimum atomic E-state index is -0.322. The summed E-state index contributed by atoms with van der Waals surface area (Å²) in [6.07, 6.45) is 14.4. The number of ether oxygens (including phenoxy) is 1. The number of nitrogens with zero attached hydrogens (tertiary/aromatic N) is 4. The van der Waals surface area contributed by atoms with Gasteiger partial charge in [0.1, 0.15) is 12.1 Å². The number of amides is 1. The molecule has 8 saturated carbocycles. The topological polar surface area (TPSA) is 136 Å². The Morgan fingerprint density at radius 2 is 1.50 bits per heavy atom. The molecule has 5 aromatic rings. The van der Waals surface area contributed by atoms with Gasteiger partial charge in [-0.3, -0.25) is 9.59 Å². The molecule has 0 aliphatic heterocycles. The Kier molecular flexibility index (Phi) is 9.09. The van der Waals surface area contributed by atoms with Gasteiger partial charge >= 0.3 is 5.97 Å². The summed E-state index contributed by atoms with van der Waals surface area (Å²) in [4.78, 5) is 29.6. The van der Waals surface area contributed by atoms with Crippen LogP contribution in [0.3, 0.4) is 0 Å². The van der Waals surface area contributed by atoms with Gasteiger partial charge in [-0.25, -0.2) is 0 Å². The molecule has 0 saturated heterocycles. The Morgan fingerprint density at radius 1 is 0.793 bits per heavy atom. The molecule has 1 amide bonds. The third-order valence-electron chi connectivity index (χ3n) is 15.0. The Labute approximate surface area is 346 Å². The van der Waals surface area contributed by atoms with Gasteiger partial charge in [0.25, 0.3) is 5.22 Å². The van der Waals surface area contributed by atoms with Gasteiger partial charge in [-0.15, -0.1) is 20.4 Å². The molecule has 13 rings (SSSR count). The number of carbonyl (C=O) groups is 2. The number of esters is 1. The maximum Gasteiger partial charge on any atom is 0.321 e. The molecule has 2 N–H and O–H groups in total. The average molecular weight is 813 g/mol. The van der Waals surface area contributed by atoms with Gasteiger partial charge in [-0.2, -0.15) is 0 Å². The van der Waals surface area contributed by atoms with Crippen LogP contribution in [0.25, 0.3) is 11.5 Å². The Hall–Kier alpha value is -4.42. The third-order valence-corrected chi connectivity index (χ3v) is 16.6. The molecule has 5 atom stereocenters. The number of hydrogen-bond donors (Lipinski definition) is 2. The number of H-pyrrole nitrogens is 1. The first-order valence-electron chi connectivity index (χ1n) is 21.1. The standard InChI is InChI=1S/C46H48N6O4S2/c1-26-2-4-31(5-3-26)42-50-52-44(56-42)58-23-39(53)49-38-11-8-34(45-19-29-13-30(20-45)17-35(45)16-29)18-37(38)41-32-14-27-12-28(15-32)22-46(41,21-27)33-6-9-36(10-7-33)55-40(54)24-57-43-47-25-48-51-43/h2-11,18,25,27-30,32,35,41H,12-17,19-24H2,1H3,(H,49,53)(H,47,48,51). The molecule has 2 aromatic heterocycles. The van der Waals surface area contributed by atoms with Crippen molar-refractivity contribution in [1.82, 2.24) is 25.4 Å². The van der Waals surface area contributed by atoms with Gasteiger partial charge in [-0.05, 0) is 165 Å². The highest BCUT2D eigenvalue weighted by Gasteiger charge is 2.60. The number of nitrogens with one attached hydrogen (secondary N) is 2. The second-order valence-electron chi connectivity index (χ2n) is 18.4. The number of aryl methyl sites for hydroxylation is 1. The molecule has 58 heavy (non-hydrogen) atoms. The number of carbonyl (C=O) groups excluding carboxylic acids is 2. The lowest BCUT2D eigenvalue weighted by Crippen LogP contribution is -2.54. The highest BCUT2D eigenvalue weighted by atomic mass is 32.2. The van der Waals surface area contributed by atoms with Crippen molar-refractivity contribution in [3.05, 3.63) is 95.3 Å². The lowest BCUT2D eigenvalue weighted by molar-refractivity contribution is -0.131. The van der Waals surface area contributed by atoms with E-state index in [1.807, 2.05) is 43.3 Å². The molecular formula is C46H48N6O4S2. The molecule has 12 heteroatoms. The van der Waals surface area contributed by atoms with Crippen LogP contribution in [0.5, 0.6) is 5.75 Å². The van der Waals surface area contributed by atoms with E-state index in [1.165, 1.54) is 97.9 Å². The SMILES string of the molecule is Cc1ccc(-c2nnc(SCC(=O)Nc3ccc(C45CC6CC(CC4C6)C5)cc3C3C4CC5CC(C4)CC3(c3ccc(OC(=O)CSc4nnc[nH]4)cc3)C5)o2)cc1. The van der Waals surface area contributed by atoms with Crippen molar-refractivity contribution >= 4 is 41.1 Å². The first-order valence-corrected chi connectivity index (χ1v) is 23.0. The first kappa shape index (κ1) is 36.6. The molecule has 8 aliphatic carbocycles.